The largest absolute Gasteiger partial charge is 0.368 e. The fourth-order valence-electron chi connectivity index (χ4n) is 3.46. The Bertz CT molecular complexity index is 934. The van der Waals surface area contributed by atoms with Crippen molar-refractivity contribution in [3.05, 3.63) is 59.1 Å². The molecule has 0 saturated carbocycles. The van der Waals surface area contributed by atoms with E-state index in [1.165, 1.54) is 21.6 Å². The maximum Gasteiger partial charge on any atom is 0.269 e. The summed E-state index contributed by atoms with van der Waals surface area (Å²) >= 11 is 7.21. The molecule has 0 unspecified atom stereocenters. The van der Waals surface area contributed by atoms with Crippen molar-refractivity contribution in [3.63, 3.8) is 0 Å². The summed E-state index contributed by atoms with van der Waals surface area (Å²) in [6.07, 6.45) is 0. The minimum absolute atomic E-state index is 0.160. The number of para-hydroxylation sites is 1. The third-order valence-corrected chi connectivity index (χ3v) is 6.10. The van der Waals surface area contributed by atoms with Gasteiger partial charge in [0.15, 0.2) is 0 Å². The molecular formula is C18H14ClN3O3S. The first-order valence-electron chi connectivity index (χ1n) is 7.87. The van der Waals surface area contributed by atoms with Gasteiger partial charge in [0.1, 0.15) is 6.54 Å². The zero-order valence-corrected chi connectivity index (χ0v) is 15.1. The Balaban J connectivity index is 1.91. The number of anilines is 2. The van der Waals surface area contributed by atoms with Crippen molar-refractivity contribution in [1.29, 1.82) is 0 Å². The predicted octanol–water partition coefficient (Wildman–Crippen LogP) is 2.10. The Morgan fingerprint density at radius 3 is 2.54 bits per heavy atom. The van der Waals surface area contributed by atoms with Crippen LogP contribution in [0, 0.1) is 0 Å². The van der Waals surface area contributed by atoms with Crippen LogP contribution in [0.2, 0.25) is 5.02 Å². The zero-order valence-electron chi connectivity index (χ0n) is 13.5. The van der Waals surface area contributed by atoms with Gasteiger partial charge < -0.3 is 5.73 Å². The highest BCUT2D eigenvalue weighted by Crippen LogP contribution is 2.55. The zero-order chi connectivity index (χ0) is 18.5. The summed E-state index contributed by atoms with van der Waals surface area (Å²) in [6, 6.07) is 13.9. The summed E-state index contributed by atoms with van der Waals surface area (Å²) in [5.41, 5.74) is 7.18. The maximum atomic E-state index is 13.4. The Morgan fingerprint density at radius 1 is 1.15 bits per heavy atom. The van der Waals surface area contributed by atoms with E-state index in [1.54, 1.807) is 36.4 Å². The molecule has 4 rings (SSSR count). The number of carbonyl (C=O) groups excluding carboxylic acids is 3. The van der Waals surface area contributed by atoms with E-state index in [-0.39, 0.29) is 24.1 Å². The first kappa shape index (κ1) is 16.9. The van der Waals surface area contributed by atoms with E-state index in [4.69, 9.17) is 17.3 Å². The number of nitrogens with zero attached hydrogens (tertiary/aromatic N) is 2. The monoisotopic (exact) mass is 387 g/mol. The van der Waals surface area contributed by atoms with E-state index in [0.29, 0.717) is 22.0 Å². The molecule has 0 aliphatic carbocycles. The molecule has 0 aromatic heterocycles. The van der Waals surface area contributed by atoms with Crippen LogP contribution in [-0.2, 0) is 19.3 Å². The van der Waals surface area contributed by atoms with Crippen molar-refractivity contribution >= 4 is 52.5 Å². The van der Waals surface area contributed by atoms with Gasteiger partial charge in [-0.1, -0.05) is 29.8 Å². The second kappa shape index (κ2) is 6.03. The number of nitrogens with two attached hydrogens (primary N) is 1. The van der Waals surface area contributed by atoms with E-state index in [0.717, 1.165) is 0 Å². The molecule has 2 N–H and O–H groups in total. The molecule has 0 radical (unpaired) electrons. The Kier molecular flexibility index (Phi) is 3.93. The molecule has 2 heterocycles. The van der Waals surface area contributed by atoms with Crippen molar-refractivity contribution in [1.82, 2.24) is 0 Å². The van der Waals surface area contributed by atoms with Gasteiger partial charge in [-0.15, -0.1) is 11.8 Å². The van der Waals surface area contributed by atoms with E-state index in [1.807, 2.05) is 12.1 Å². The SMILES string of the molecule is NC(=O)CN1C(=O)[C@@]2(SCC(=O)N2c2ccc(Cl)cc2)c2ccccc21. The van der Waals surface area contributed by atoms with Crippen LogP contribution in [0.15, 0.2) is 48.5 Å². The molecule has 2 aliphatic rings. The highest BCUT2D eigenvalue weighted by atomic mass is 35.5. The molecule has 2 aliphatic heterocycles. The molecule has 1 spiro atoms. The molecule has 26 heavy (non-hydrogen) atoms. The molecule has 6 nitrogen and oxygen atoms in total. The summed E-state index contributed by atoms with van der Waals surface area (Å²) in [5.74, 6) is -0.977. The second-order valence-electron chi connectivity index (χ2n) is 6.01. The quantitative estimate of drug-likeness (QED) is 0.874. The lowest BCUT2D eigenvalue weighted by atomic mass is 10.0. The van der Waals surface area contributed by atoms with Crippen LogP contribution in [0.4, 0.5) is 11.4 Å². The van der Waals surface area contributed by atoms with Gasteiger partial charge >= 0.3 is 0 Å². The topological polar surface area (TPSA) is 83.7 Å². The van der Waals surface area contributed by atoms with Crippen LogP contribution in [-0.4, -0.2) is 30.0 Å². The average molecular weight is 388 g/mol. The van der Waals surface area contributed by atoms with E-state index < -0.39 is 10.8 Å². The van der Waals surface area contributed by atoms with Gasteiger partial charge in [0.05, 0.1) is 11.4 Å². The summed E-state index contributed by atoms with van der Waals surface area (Å²) in [4.78, 5) is 39.2. The van der Waals surface area contributed by atoms with Gasteiger partial charge in [-0.2, -0.15) is 0 Å². The summed E-state index contributed by atoms with van der Waals surface area (Å²) in [5, 5.41) is 0.538. The highest BCUT2D eigenvalue weighted by molar-refractivity contribution is 8.02. The fourth-order valence-corrected chi connectivity index (χ4v) is 4.94. The van der Waals surface area contributed by atoms with Crippen molar-refractivity contribution in [3.8, 4) is 0 Å². The van der Waals surface area contributed by atoms with Gasteiger partial charge in [-0.25, -0.2) is 0 Å². The molecule has 132 valence electrons. The van der Waals surface area contributed by atoms with Crippen LogP contribution in [0.5, 0.6) is 0 Å². The van der Waals surface area contributed by atoms with Gasteiger partial charge in [0, 0.05) is 16.3 Å². The number of hydrogen-bond acceptors (Lipinski definition) is 4. The number of thioether (sulfide) groups is 1. The molecule has 1 fully saturated rings. The first-order chi connectivity index (χ1) is 12.4. The van der Waals surface area contributed by atoms with Gasteiger partial charge in [0.25, 0.3) is 5.91 Å². The van der Waals surface area contributed by atoms with Crippen molar-refractivity contribution in [2.75, 3.05) is 22.1 Å². The molecular weight excluding hydrogens is 374 g/mol. The van der Waals surface area contributed by atoms with Gasteiger partial charge in [-0.3, -0.25) is 24.2 Å². The molecule has 3 amide bonds. The number of halogens is 1. The summed E-state index contributed by atoms with van der Waals surface area (Å²) in [7, 11) is 0. The van der Waals surface area contributed by atoms with Crippen molar-refractivity contribution in [2.24, 2.45) is 5.73 Å². The third-order valence-electron chi connectivity index (χ3n) is 4.46. The van der Waals surface area contributed by atoms with E-state index in [9.17, 15) is 14.4 Å². The third kappa shape index (κ3) is 2.31. The molecule has 8 heteroatoms. The Labute approximate surface area is 158 Å². The predicted molar refractivity (Wildman–Crippen MR) is 101 cm³/mol. The van der Waals surface area contributed by atoms with Crippen LogP contribution in [0.3, 0.4) is 0 Å². The number of hydrogen-bond donors (Lipinski definition) is 1. The van der Waals surface area contributed by atoms with Crippen molar-refractivity contribution in [2.45, 2.75) is 4.87 Å². The number of primary amides is 1. The molecule has 0 bridgehead atoms. The molecule has 1 saturated heterocycles. The molecule has 1 atom stereocenters. The fraction of sp³-hybridized carbons (Fsp3) is 0.167. The number of rotatable bonds is 3. The van der Waals surface area contributed by atoms with Crippen LogP contribution >= 0.6 is 23.4 Å². The normalized spacial score (nSPS) is 21.6. The lowest BCUT2D eigenvalue weighted by Gasteiger charge is -2.33. The number of amides is 3. The first-order valence-corrected chi connectivity index (χ1v) is 9.24. The second-order valence-corrected chi connectivity index (χ2v) is 7.62. The maximum absolute atomic E-state index is 13.4. The van der Waals surface area contributed by atoms with E-state index >= 15 is 0 Å². The lowest BCUT2D eigenvalue weighted by molar-refractivity contribution is -0.125. The van der Waals surface area contributed by atoms with Crippen LogP contribution in [0.1, 0.15) is 5.56 Å². The highest BCUT2D eigenvalue weighted by Gasteiger charge is 2.61. The van der Waals surface area contributed by atoms with Crippen LogP contribution in [0.25, 0.3) is 0 Å². The van der Waals surface area contributed by atoms with Crippen molar-refractivity contribution < 1.29 is 14.4 Å². The summed E-state index contributed by atoms with van der Waals surface area (Å²) < 4.78 is 0. The standard InChI is InChI=1S/C18H14ClN3O3S/c19-11-5-7-12(8-6-11)22-16(24)10-26-18(22)13-3-1-2-4-14(13)21(17(18)25)9-15(20)23/h1-8H,9-10H2,(H2,20,23)/t18-/m0/s1. The van der Waals surface area contributed by atoms with Gasteiger partial charge in [0.2, 0.25) is 16.7 Å². The Hall–Kier alpha value is -2.51. The molecule has 2 aromatic carbocycles. The minimum Gasteiger partial charge on any atom is -0.368 e. The minimum atomic E-state index is -1.24. The smallest absolute Gasteiger partial charge is 0.269 e. The Morgan fingerprint density at radius 2 is 1.85 bits per heavy atom. The average Bonchev–Trinajstić information content (AvgIpc) is 3.08. The summed E-state index contributed by atoms with van der Waals surface area (Å²) in [6.45, 7) is -0.235. The lowest BCUT2D eigenvalue weighted by Crippen LogP contribution is -2.51. The number of fused-ring (bicyclic) bond motifs is 2. The van der Waals surface area contributed by atoms with E-state index in [2.05, 4.69) is 0 Å². The molecule has 2 aromatic rings. The van der Waals surface area contributed by atoms with Crippen LogP contribution < -0.4 is 15.5 Å². The van der Waals surface area contributed by atoms with Gasteiger partial charge in [-0.05, 0) is 30.3 Å². The number of carbonyl (C=O) groups is 3. The number of benzene rings is 2.